The molecule has 158 valence electrons. The van der Waals surface area contributed by atoms with Gasteiger partial charge in [-0.3, -0.25) is 14.7 Å². The summed E-state index contributed by atoms with van der Waals surface area (Å²) in [5.41, 5.74) is 0. The number of likely N-dealkylation sites (tertiary alicyclic amines) is 1. The average molecular weight is 493 g/mol. The predicted molar refractivity (Wildman–Crippen MR) is 124 cm³/mol. The highest BCUT2D eigenvalue weighted by Crippen LogP contribution is 2.27. The molecule has 2 rings (SSSR count). The first kappa shape index (κ1) is 24.5. The lowest BCUT2D eigenvalue weighted by Crippen LogP contribution is -2.44. The van der Waals surface area contributed by atoms with Crippen LogP contribution in [0.3, 0.4) is 0 Å². The lowest BCUT2D eigenvalue weighted by Gasteiger charge is -2.26. The number of hydrogen-bond donors (Lipinski definition) is 2. The van der Waals surface area contributed by atoms with Crippen molar-refractivity contribution in [2.24, 2.45) is 4.99 Å². The Morgan fingerprint density at radius 1 is 1.26 bits per heavy atom. The van der Waals surface area contributed by atoms with E-state index in [1.54, 1.807) is 0 Å². The average Bonchev–Trinajstić information content (AvgIpc) is 3.44. The van der Waals surface area contributed by atoms with Gasteiger partial charge in [0.2, 0.25) is 5.91 Å². The zero-order valence-electron chi connectivity index (χ0n) is 17.5. The van der Waals surface area contributed by atoms with E-state index in [1.807, 2.05) is 4.90 Å². The third kappa shape index (κ3) is 9.45. The summed E-state index contributed by atoms with van der Waals surface area (Å²) in [7, 11) is 0. The summed E-state index contributed by atoms with van der Waals surface area (Å²) in [6.45, 7) is 12.0. The Morgan fingerprint density at radius 2 is 2.04 bits per heavy atom. The van der Waals surface area contributed by atoms with Crippen molar-refractivity contribution in [3.8, 4) is 0 Å². The third-order valence-corrected chi connectivity index (χ3v) is 5.21. The van der Waals surface area contributed by atoms with Gasteiger partial charge in [0.25, 0.3) is 0 Å². The first-order valence-corrected chi connectivity index (χ1v) is 10.7. The van der Waals surface area contributed by atoms with Crippen molar-refractivity contribution in [2.75, 3.05) is 39.3 Å². The lowest BCUT2D eigenvalue weighted by molar-refractivity contribution is -0.130. The van der Waals surface area contributed by atoms with Gasteiger partial charge >= 0.3 is 0 Å². The fourth-order valence-corrected chi connectivity index (χ4v) is 3.64. The van der Waals surface area contributed by atoms with Gasteiger partial charge in [-0.2, -0.15) is 0 Å². The molecule has 0 aromatic heterocycles. The molecule has 0 bridgehead atoms. The lowest BCUT2D eigenvalue weighted by atomic mass is 10.2. The summed E-state index contributed by atoms with van der Waals surface area (Å²) in [5.74, 6) is 1.22. The highest BCUT2D eigenvalue weighted by atomic mass is 127. The number of amides is 1. The highest BCUT2D eigenvalue weighted by molar-refractivity contribution is 14.0. The molecule has 7 heteroatoms. The van der Waals surface area contributed by atoms with Gasteiger partial charge in [-0.25, -0.2) is 0 Å². The Balaban J connectivity index is 0.00000364. The van der Waals surface area contributed by atoms with Crippen LogP contribution in [0.2, 0.25) is 0 Å². The monoisotopic (exact) mass is 493 g/mol. The van der Waals surface area contributed by atoms with E-state index in [4.69, 9.17) is 0 Å². The molecule has 1 saturated heterocycles. The van der Waals surface area contributed by atoms with E-state index in [-0.39, 0.29) is 24.0 Å². The molecule has 27 heavy (non-hydrogen) atoms. The van der Waals surface area contributed by atoms with Crippen molar-refractivity contribution < 1.29 is 4.79 Å². The summed E-state index contributed by atoms with van der Waals surface area (Å²) in [4.78, 5) is 21.3. The Morgan fingerprint density at radius 3 is 2.70 bits per heavy atom. The maximum absolute atomic E-state index is 12.0. The first-order chi connectivity index (χ1) is 12.6. The summed E-state index contributed by atoms with van der Waals surface area (Å²) >= 11 is 0. The second-order valence-electron chi connectivity index (χ2n) is 7.80. The number of carbonyl (C=O) groups is 1. The largest absolute Gasteiger partial charge is 0.357 e. The maximum Gasteiger partial charge on any atom is 0.222 e. The number of rotatable bonds is 10. The molecule has 1 aliphatic carbocycles. The van der Waals surface area contributed by atoms with Gasteiger partial charge < -0.3 is 15.5 Å². The van der Waals surface area contributed by atoms with Gasteiger partial charge in [-0.1, -0.05) is 6.42 Å². The zero-order chi connectivity index (χ0) is 18.8. The van der Waals surface area contributed by atoms with Crippen molar-refractivity contribution in [1.29, 1.82) is 0 Å². The summed E-state index contributed by atoms with van der Waals surface area (Å²) in [5, 5.41) is 6.79. The smallest absolute Gasteiger partial charge is 0.222 e. The van der Waals surface area contributed by atoms with Crippen LogP contribution in [0.5, 0.6) is 0 Å². The van der Waals surface area contributed by atoms with Crippen LogP contribution >= 0.6 is 24.0 Å². The van der Waals surface area contributed by atoms with Crippen LogP contribution in [-0.4, -0.2) is 73.0 Å². The van der Waals surface area contributed by atoms with Crippen molar-refractivity contribution in [3.63, 3.8) is 0 Å². The molecular formula is C20H40IN5O. The molecule has 0 aromatic carbocycles. The van der Waals surface area contributed by atoms with E-state index in [9.17, 15) is 4.79 Å². The standard InChI is InChI=1S/C20H39N5O.HI/c1-4-21-20(23-13-16-25(17(2)3)18-10-11-18)22-12-8-15-24-14-7-5-6-9-19(24)26;/h17-18H,4-16H2,1-3H3,(H2,21,22,23);1H. The molecule has 2 N–H and O–H groups in total. The van der Waals surface area contributed by atoms with Gasteiger partial charge in [0.1, 0.15) is 0 Å². The van der Waals surface area contributed by atoms with Gasteiger partial charge in [-0.05, 0) is 52.9 Å². The summed E-state index contributed by atoms with van der Waals surface area (Å²) < 4.78 is 0. The molecule has 1 heterocycles. The molecule has 2 aliphatic rings. The molecule has 0 unspecified atom stereocenters. The highest BCUT2D eigenvalue weighted by Gasteiger charge is 2.30. The van der Waals surface area contributed by atoms with Crippen LogP contribution in [0.1, 0.15) is 65.7 Å². The van der Waals surface area contributed by atoms with E-state index in [0.717, 1.165) is 77.0 Å². The maximum atomic E-state index is 12.0. The second kappa shape index (κ2) is 13.6. The van der Waals surface area contributed by atoms with Crippen molar-refractivity contribution in [1.82, 2.24) is 20.4 Å². The number of hydrogen-bond acceptors (Lipinski definition) is 3. The van der Waals surface area contributed by atoms with Gasteiger partial charge in [-0.15, -0.1) is 24.0 Å². The topological polar surface area (TPSA) is 60.0 Å². The minimum atomic E-state index is 0. The van der Waals surface area contributed by atoms with Crippen LogP contribution in [0.25, 0.3) is 0 Å². The Kier molecular flexibility index (Phi) is 12.3. The number of halogens is 1. The first-order valence-electron chi connectivity index (χ1n) is 10.7. The molecule has 1 amide bonds. The van der Waals surface area contributed by atoms with Crippen LogP contribution in [0.4, 0.5) is 0 Å². The van der Waals surface area contributed by atoms with Crippen LogP contribution in [0.15, 0.2) is 4.99 Å². The van der Waals surface area contributed by atoms with Gasteiger partial charge in [0.15, 0.2) is 5.96 Å². The molecule has 1 aliphatic heterocycles. The molecule has 2 fully saturated rings. The fraction of sp³-hybridized carbons (Fsp3) is 0.900. The molecule has 0 radical (unpaired) electrons. The number of nitrogens with one attached hydrogen (secondary N) is 2. The van der Waals surface area contributed by atoms with E-state index in [2.05, 4.69) is 41.3 Å². The van der Waals surface area contributed by atoms with Crippen molar-refractivity contribution in [3.05, 3.63) is 0 Å². The van der Waals surface area contributed by atoms with Crippen LogP contribution in [-0.2, 0) is 4.79 Å². The van der Waals surface area contributed by atoms with Crippen LogP contribution in [0, 0.1) is 0 Å². The molecular weight excluding hydrogens is 453 g/mol. The molecule has 0 atom stereocenters. The van der Waals surface area contributed by atoms with Gasteiger partial charge in [0, 0.05) is 57.8 Å². The SMILES string of the molecule is CCNC(=NCCCN1CCCCCC1=O)NCCN(C(C)C)C1CC1.I. The second-order valence-corrected chi connectivity index (χ2v) is 7.80. The molecule has 0 spiro atoms. The zero-order valence-corrected chi connectivity index (χ0v) is 19.8. The number of nitrogens with zero attached hydrogens (tertiary/aromatic N) is 3. The number of guanidine groups is 1. The molecule has 6 nitrogen and oxygen atoms in total. The fourth-order valence-electron chi connectivity index (χ4n) is 3.64. The normalized spacial score (nSPS) is 18.5. The van der Waals surface area contributed by atoms with Gasteiger partial charge in [0.05, 0.1) is 0 Å². The minimum Gasteiger partial charge on any atom is -0.357 e. The Labute approximate surface area is 182 Å². The Hall–Kier alpha value is -0.570. The summed E-state index contributed by atoms with van der Waals surface area (Å²) in [6.07, 6.45) is 7.73. The number of aliphatic imine (C=N–C) groups is 1. The minimum absolute atomic E-state index is 0. The van der Waals surface area contributed by atoms with Crippen LogP contribution < -0.4 is 10.6 Å². The third-order valence-electron chi connectivity index (χ3n) is 5.21. The van der Waals surface area contributed by atoms with E-state index < -0.39 is 0 Å². The van der Waals surface area contributed by atoms with E-state index >= 15 is 0 Å². The summed E-state index contributed by atoms with van der Waals surface area (Å²) in [6, 6.07) is 1.40. The number of carbonyl (C=O) groups excluding carboxylic acids is 1. The van der Waals surface area contributed by atoms with Crippen molar-refractivity contribution >= 4 is 35.8 Å². The Bertz CT molecular complexity index is 452. The van der Waals surface area contributed by atoms with E-state index in [0.29, 0.717) is 11.9 Å². The predicted octanol–water partition coefficient (Wildman–Crippen LogP) is 2.83. The van der Waals surface area contributed by atoms with E-state index in [1.165, 1.54) is 19.3 Å². The molecule has 1 saturated carbocycles. The van der Waals surface area contributed by atoms with Crippen molar-refractivity contribution in [2.45, 2.75) is 77.8 Å². The molecule has 0 aromatic rings. The quantitative estimate of drug-likeness (QED) is 0.213.